The number of aryl methyl sites for hydroxylation is 1. The Labute approximate surface area is 336 Å². The molecule has 0 aliphatic rings. The Morgan fingerprint density at radius 2 is 0.544 bits per heavy atom. The van der Waals surface area contributed by atoms with Crippen LogP contribution in [0.4, 0.5) is 34.1 Å². The van der Waals surface area contributed by atoms with Crippen LogP contribution in [0, 0.1) is 6.92 Å². The number of hydrogen-bond donors (Lipinski definition) is 0. The third-order valence-corrected chi connectivity index (χ3v) is 10.6. The number of nitrogens with zero attached hydrogens (tertiary/aromatic N) is 2. The minimum absolute atomic E-state index is 1.11. The van der Waals surface area contributed by atoms with Crippen molar-refractivity contribution in [3.63, 3.8) is 0 Å². The standard InChI is InChI=1S/C55H42N2/c1-41-15-11-12-26-55(41)48-19-14-25-54(40-48)57(50-22-9-4-10-23-50)52-37-33-46(34-38-52)44-29-27-43(28-30-44)45-31-35-51(36-32-45)56(49-20-7-3-8-21-49)53-24-13-18-47(39-53)42-16-5-2-6-17-42/h2-40H,1H3. The highest BCUT2D eigenvalue weighted by molar-refractivity contribution is 5.83. The van der Waals surface area contributed by atoms with Crippen LogP contribution in [-0.2, 0) is 0 Å². The first kappa shape index (κ1) is 35.3. The van der Waals surface area contributed by atoms with Crippen molar-refractivity contribution < 1.29 is 0 Å². The fourth-order valence-electron chi connectivity index (χ4n) is 7.67. The van der Waals surface area contributed by atoms with Crippen LogP contribution in [-0.4, -0.2) is 0 Å². The van der Waals surface area contributed by atoms with E-state index in [1.54, 1.807) is 0 Å². The molecule has 272 valence electrons. The summed E-state index contributed by atoms with van der Waals surface area (Å²) in [4.78, 5) is 4.65. The minimum atomic E-state index is 1.11. The molecule has 0 spiro atoms. The number of benzene rings is 9. The first-order valence-corrected chi connectivity index (χ1v) is 19.5. The highest BCUT2D eigenvalue weighted by Gasteiger charge is 2.16. The molecule has 0 fully saturated rings. The molecule has 0 unspecified atom stereocenters. The summed E-state index contributed by atoms with van der Waals surface area (Å²) in [7, 11) is 0. The Hall–Kier alpha value is -7.42. The van der Waals surface area contributed by atoms with Crippen molar-refractivity contribution in [2.75, 3.05) is 9.80 Å². The fraction of sp³-hybridized carbons (Fsp3) is 0.0182. The summed E-state index contributed by atoms with van der Waals surface area (Å²) in [5.41, 5.74) is 17.6. The molecule has 0 aliphatic heterocycles. The average molecular weight is 731 g/mol. The van der Waals surface area contributed by atoms with Gasteiger partial charge in [0.05, 0.1) is 0 Å². The Balaban J connectivity index is 0.972. The molecule has 0 saturated heterocycles. The molecule has 2 nitrogen and oxygen atoms in total. The van der Waals surface area contributed by atoms with Gasteiger partial charge in [-0.25, -0.2) is 0 Å². The summed E-state index contributed by atoms with van der Waals surface area (Å²) in [6.07, 6.45) is 0. The zero-order chi connectivity index (χ0) is 38.4. The van der Waals surface area contributed by atoms with Gasteiger partial charge < -0.3 is 9.80 Å². The molecule has 9 aromatic carbocycles. The van der Waals surface area contributed by atoms with E-state index in [-0.39, 0.29) is 0 Å². The van der Waals surface area contributed by atoms with Crippen LogP contribution >= 0.6 is 0 Å². The number of rotatable bonds is 10. The van der Waals surface area contributed by atoms with Gasteiger partial charge in [0.1, 0.15) is 0 Å². The topological polar surface area (TPSA) is 6.48 Å². The van der Waals surface area contributed by atoms with Crippen molar-refractivity contribution in [1.29, 1.82) is 0 Å². The van der Waals surface area contributed by atoms with Crippen molar-refractivity contribution in [3.05, 3.63) is 242 Å². The van der Waals surface area contributed by atoms with Crippen LogP contribution in [0.25, 0.3) is 44.5 Å². The maximum absolute atomic E-state index is 2.33. The van der Waals surface area contributed by atoms with Gasteiger partial charge in [-0.3, -0.25) is 0 Å². The summed E-state index contributed by atoms with van der Waals surface area (Å²) in [5.74, 6) is 0. The van der Waals surface area contributed by atoms with Gasteiger partial charge >= 0.3 is 0 Å². The van der Waals surface area contributed by atoms with Gasteiger partial charge in [0.2, 0.25) is 0 Å². The molecule has 9 aromatic rings. The van der Waals surface area contributed by atoms with E-state index in [1.807, 2.05) is 0 Å². The second kappa shape index (κ2) is 16.1. The van der Waals surface area contributed by atoms with E-state index in [0.717, 1.165) is 34.1 Å². The molecule has 0 heterocycles. The molecule has 0 aliphatic carbocycles. The lowest BCUT2D eigenvalue weighted by molar-refractivity contribution is 1.28. The quantitative estimate of drug-likeness (QED) is 0.138. The van der Waals surface area contributed by atoms with Crippen molar-refractivity contribution in [3.8, 4) is 44.5 Å². The molecule has 0 N–H and O–H groups in total. The maximum Gasteiger partial charge on any atom is 0.0467 e. The number of anilines is 6. The monoisotopic (exact) mass is 730 g/mol. The highest BCUT2D eigenvalue weighted by Crippen LogP contribution is 2.40. The first-order chi connectivity index (χ1) is 28.2. The minimum Gasteiger partial charge on any atom is -0.310 e. The van der Waals surface area contributed by atoms with Crippen molar-refractivity contribution in [2.24, 2.45) is 0 Å². The summed E-state index contributed by atoms with van der Waals surface area (Å²) < 4.78 is 0. The van der Waals surface area contributed by atoms with Crippen molar-refractivity contribution >= 4 is 34.1 Å². The summed E-state index contributed by atoms with van der Waals surface area (Å²) in [6.45, 7) is 2.17. The van der Waals surface area contributed by atoms with Gasteiger partial charge in [0, 0.05) is 34.1 Å². The molecule has 57 heavy (non-hydrogen) atoms. The molecule has 0 saturated carbocycles. The van der Waals surface area contributed by atoms with E-state index >= 15 is 0 Å². The van der Waals surface area contributed by atoms with E-state index in [1.165, 1.54) is 50.1 Å². The van der Waals surface area contributed by atoms with Gasteiger partial charge in [0.15, 0.2) is 0 Å². The van der Waals surface area contributed by atoms with E-state index in [0.29, 0.717) is 0 Å². The predicted molar refractivity (Wildman–Crippen MR) is 242 cm³/mol. The molecule has 2 heteroatoms. The van der Waals surface area contributed by atoms with Gasteiger partial charge in [-0.05, 0) is 130 Å². The SMILES string of the molecule is Cc1ccccc1-c1cccc(N(c2ccccc2)c2ccc(-c3ccc(-c4ccc(N(c5ccccc5)c5cccc(-c6ccccc6)c5)cc4)cc3)cc2)c1. The Bertz CT molecular complexity index is 2700. The van der Waals surface area contributed by atoms with Crippen LogP contribution in [0.15, 0.2) is 237 Å². The molecule has 0 bridgehead atoms. The molecular formula is C55H42N2. The lowest BCUT2D eigenvalue weighted by atomic mass is 9.99. The molecule has 0 radical (unpaired) electrons. The molecule has 0 amide bonds. The van der Waals surface area contributed by atoms with Crippen LogP contribution in [0.1, 0.15) is 5.56 Å². The second-order valence-corrected chi connectivity index (χ2v) is 14.3. The number of hydrogen-bond acceptors (Lipinski definition) is 2. The summed E-state index contributed by atoms with van der Waals surface area (Å²) >= 11 is 0. The first-order valence-electron chi connectivity index (χ1n) is 19.5. The van der Waals surface area contributed by atoms with Crippen molar-refractivity contribution in [1.82, 2.24) is 0 Å². The fourth-order valence-corrected chi connectivity index (χ4v) is 7.67. The van der Waals surface area contributed by atoms with Gasteiger partial charge in [0.25, 0.3) is 0 Å². The second-order valence-electron chi connectivity index (χ2n) is 14.3. The smallest absolute Gasteiger partial charge is 0.0467 e. The highest BCUT2D eigenvalue weighted by atomic mass is 15.1. The molecule has 0 atom stereocenters. The van der Waals surface area contributed by atoms with Gasteiger partial charge in [-0.2, -0.15) is 0 Å². The maximum atomic E-state index is 2.33. The van der Waals surface area contributed by atoms with E-state index in [2.05, 4.69) is 253 Å². The van der Waals surface area contributed by atoms with Gasteiger partial charge in [-0.15, -0.1) is 0 Å². The van der Waals surface area contributed by atoms with E-state index in [9.17, 15) is 0 Å². The normalized spacial score (nSPS) is 10.9. The molecule has 0 aromatic heterocycles. The largest absolute Gasteiger partial charge is 0.310 e. The molecular weight excluding hydrogens is 689 g/mol. The van der Waals surface area contributed by atoms with Crippen LogP contribution < -0.4 is 9.80 Å². The lowest BCUT2D eigenvalue weighted by Gasteiger charge is -2.26. The molecule has 9 rings (SSSR count). The average Bonchev–Trinajstić information content (AvgIpc) is 3.29. The third kappa shape index (κ3) is 7.62. The summed E-state index contributed by atoms with van der Waals surface area (Å²) in [5, 5.41) is 0. The Kier molecular flexibility index (Phi) is 9.99. The van der Waals surface area contributed by atoms with Crippen LogP contribution in [0.3, 0.4) is 0 Å². The van der Waals surface area contributed by atoms with E-state index in [4.69, 9.17) is 0 Å². The Morgan fingerprint density at radius 3 is 1.02 bits per heavy atom. The van der Waals surface area contributed by atoms with Crippen LogP contribution in [0.5, 0.6) is 0 Å². The van der Waals surface area contributed by atoms with Crippen molar-refractivity contribution in [2.45, 2.75) is 6.92 Å². The van der Waals surface area contributed by atoms with E-state index < -0.39 is 0 Å². The van der Waals surface area contributed by atoms with Gasteiger partial charge in [-0.1, -0.05) is 164 Å². The van der Waals surface area contributed by atoms with Crippen LogP contribution in [0.2, 0.25) is 0 Å². The Morgan fingerprint density at radius 1 is 0.228 bits per heavy atom. The lowest BCUT2D eigenvalue weighted by Crippen LogP contribution is -2.09. The third-order valence-electron chi connectivity index (χ3n) is 10.6. The zero-order valence-corrected chi connectivity index (χ0v) is 31.9. The summed E-state index contributed by atoms with van der Waals surface area (Å²) in [6, 6.07) is 84.6. The predicted octanol–water partition coefficient (Wildman–Crippen LogP) is 15.6. The zero-order valence-electron chi connectivity index (χ0n) is 31.9. The number of para-hydroxylation sites is 2.